The van der Waals surface area contributed by atoms with Crippen LogP contribution in [0.3, 0.4) is 0 Å². The Kier molecular flexibility index (Phi) is 5.79. The summed E-state index contributed by atoms with van der Waals surface area (Å²) in [5.41, 5.74) is 2.94. The molecule has 0 fully saturated rings. The monoisotopic (exact) mass is 379 g/mol. The number of fused-ring (bicyclic) bond motifs is 3. The van der Waals surface area contributed by atoms with Crippen molar-refractivity contribution in [2.75, 3.05) is 19.8 Å². The number of aromatic nitrogens is 4. The minimum Gasteiger partial charge on any atom is -0.349 e. The number of benzene rings is 1. The van der Waals surface area contributed by atoms with Gasteiger partial charge in [-0.2, -0.15) is 18.1 Å². The molecule has 0 spiro atoms. The van der Waals surface area contributed by atoms with Crippen molar-refractivity contribution >= 4 is 24.5 Å². The second kappa shape index (κ2) is 7.90. The van der Waals surface area contributed by atoms with Crippen LogP contribution in [0.15, 0.2) is 24.3 Å². The zero-order chi connectivity index (χ0) is 18.7. The Bertz CT molecular complexity index is 884. The fraction of sp³-hybridized carbons (Fsp3) is 0.471. The second-order valence-corrected chi connectivity index (χ2v) is 8.09. The zero-order valence-electron chi connectivity index (χ0n) is 15.4. The van der Waals surface area contributed by atoms with Crippen LogP contribution in [0.4, 0.5) is 0 Å². The van der Waals surface area contributed by atoms with Crippen LogP contribution >= 0.6 is 7.94 Å². The fourth-order valence-electron chi connectivity index (χ4n) is 2.97. The molecule has 1 aromatic carbocycles. The van der Waals surface area contributed by atoms with Gasteiger partial charge in [-0.1, -0.05) is 11.6 Å². The third-order valence-electron chi connectivity index (χ3n) is 3.95. The van der Waals surface area contributed by atoms with Crippen LogP contribution in [0.1, 0.15) is 37.7 Å². The summed E-state index contributed by atoms with van der Waals surface area (Å²) >= 11 is 0. The zero-order valence-corrected chi connectivity index (χ0v) is 16.3. The number of hydrogen-bond acceptors (Lipinski definition) is 7. The van der Waals surface area contributed by atoms with Crippen LogP contribution in [-0.2, 0) is 13.6 Å². The third-order valence-corrected chi connectivity index (χ3v) is 6.69. The van der Waals surface area contributed by atoms with Crippen molar-refractivity contribution in [3.05, 3.63) is 35.4 Å². The maximum Gasteiger partial charge on any atom is 0.447 e. The normalized spacial score (nSPS) is 13.6. The number of rotatable bonds is 8. The molecule has 8 nitrogen and oxygen atoms in total. The van der Waals surface area contributed by atoms with E-state index in [4.69, 9.17) is 13.6 Å². The lowest BCUT2D eigenvalue weighted by atomic mass is 10.1. The van der Waals surface area contributed by atoms with Crippen molar-refractivity contribution < 1.29 is 18.7 Å². The maximum atomic E-state index is 11.2. The Morgan fingerprint density at radius 1 is 1.08 bits per heavy atom. The molecule has 0 bridgehead atoms. The highest BCUT2D eigenvalue weighted by Crippen LogP contribution is 2.71. The smallest absolute Gasteiger partial charge is 0.349 e. The van der Waals surface area contributed by atoms with Gasteiger partial charge in [0.25, 0.3) is 5.85 Å². The van der Waals surface area contributed by atoms with Crippen LogP contribution in [0.25, 0.3) is 16.6 Å². The van der Waals surface area contributed by atoms with E-state index in [0.717, 1.165) is 16.5 Å². The summed E-state index contributed by atoms with van der Waals surface area (Å²) in [5, 5.41) is 24.1. The van der Waals surface area contributed by atoms with Gasteiger partial charge in [-0.25, -0.2) is 0 Å². The highest BCUT2D eigenvalue weighted by Gasteiger charge is 2.55. The van der Waals surface area contributed by atoms with Crippen LogP contribution in [0.2, 0.25) is 0 Å². The first-order valence-electron chi connectivity index (χ1n) is 8.68. The molecule has 0 saturated heterocycles. The molecule has 26 heavy (non-hydrogen) atoms. The first kappa shape index (κ1) is 19.1. The largest absolute Gasteiger partial charge is 0.447 e. The summed E-state index contributed by atoms with van der Waals surface area (Å²) < 4.78 is 19.1. The summed E-state index contributed by atoms with van der Waals surface area (Å²) in [6, 6.07) is 7.86. The van der Waals surface area contributed by atoms with Gasteiger partial charge in [0.15, 0.2) is 5.65 Å². The fourth-order valence-corrected chi connectivity index (χ4v) is 5.23. The summed E-state index contributed by atoms with van der Waals surface area (Å²) in [7, 11) is -3.03. The number of aryl methyl sites for hydroxylation is 1. The van der Waals surface area contributed by atoms with E-state index in [1.54, 1.807) is 4.52 Å². The summed E-state index contributed by atoms with van der Waals surface area (Å²) in [4.78, 5) is 0. The molecule has 3 rings (SSSR count). The second-order valence-electron chi connectivity index (χ2n) is 5.74. The van der Waals surface area contributed by atoms with Gasteiger partial charge in [0.1, 0.15) is 0 Å². The Hall–Kier alpha value is -1.70. The molecule has 1 N–H and O–H groups in total. The highest BCUT2D eigenvalue weighted by molar-refractivity contribution is 7.61. The standard InChI is InChI=1S/C17H24N4O4P/c1-5-23-26(24-6-2,25-7-3)17(22)14-11-13-10-12(4)8-9-15(13)21-16(14)18-19-20-21/h8-11,17,22H,5-7H2,1-4H3/q+1. The predicted octanol–water partition coefficient (Wildman–Crippen LogP) is 3.45. The van der Waals surface area contributed by atoms with Crippen molar-refractivity contribution in [2.45, 2.75) is 33.5 Å². The van der Waals surface area contributed by atoms with E-state index in [1.807, 2.05) is 52.0 Å². The average Bonchev–Trinajstić information content (AvgIpc) is 3.10. The first-order chi connectivity index (χ1) is 12.6. The molecule has 0 aliphatic rings. The minimum absolute atomic E-state index is 0.360. The van der Waals surface area contributed by atoms with E-state index in [-0.39, 0.29) is 0 Å². The molecule has 0 saturated carbocycles. The molecule has 0 aliphatic heterocycles. The Morgan fingerprint density at radius 2 is 1.73 bits per heavy atom. The molecule has 0 radical (unpaired) electrons. The lowest BCUT2D eigenvalue weighted by Gasteiger charge is -2.25. The van der Waals surface area contributed by atoms with Gasteiger partial charge in [0, 0.05) is 5.39 Å². The maximum absolute atomic E-state index is 11.2. The molecule has 2 heterocycles. The van der Waals surface area contributed by atoms with Gasteiger partial charge in [0.2, 0.25) is 0 Å². The van der Waals surface area contributed by atoms with Crippen molar-refractivity contribution in [3.8, 4) is 0 Å². The van der Waals surface area contributed by atoms with Gasteiger partial charge >= 0.3 is 7.94 Å². The Morgan fingerprint density at radius 3 is 2.35 bits per heavy atom. The lowest BCUT2D eigenvalue weighted by Crippen LogP contribution is -2.16. The van der Waals surface area contributed by atoms with Crippen molar-refractivity contribution in [1.29, 1.82) is 0 Å². The number of tetrazole rings is 1. The summed E-state index contributed by atoms with van der Waals surface area (Å²) in [6.45, 7) is 8.62. The highest BCUT2D eigenvalue weighted by atomic mass is 31.2. The van der Waals surface area contributed by atoms with E-state index >= 15 is 0 Å². The Balaban J connectivity index is 2.21. The predicted molar refractivity (Wildman–Crippen MR) is 99.8 cm³/mol. The van der Waals surface area contributed by atoms with Crippen LogP contribution < -0.4 is 0 Å². The van der Waals surface area contributed by atoms with Gasteiger partial charge in [0.05, 0.1) is 30.9 Å². The Labute approximate surface area is 152 Å². The lowest BCUT2D eigenvalue weighted by molar-refractivity contribution is 0.0977. The van der Waals surface area contributed by atoms with Crippen LogP contribution in [0, 0.1) is 6.92 Å². The molecule has 2 aromatic heterocycles. The van der Waals surface area contributed by atoms with Gasteiger partial charge in [-0.3, -0.25) is 0 Å². The van der Waals surface area contributed by atoms with E-state index in [1.165, 1.54) is 0 Å². The van der Waals surface area contributed by atoms with E-state index in [9.17, 15) is 5.11 Å². The average molecular weight is 379 g/mol. The number of nitrogens with zero attached hydrogens (tertiary/aromatic N) is 4. The number of pyridine rings is 1. The topological polar surface area (TPSA) is 91.0 Å². The van der Waals surface area contributed by atoms with Crippen molar-refractivity contribution in [3.63, 3.8) is 0 Å². The quantitative estimate of drug-likeness (QED) is 0.600. The van der Waals surface area contributed by atoms with E-state index < -0.39 is 13.8 Å². The first-order valence-corrected chi connectivity index (χ1v) is 10.3. The molecule has 1 atom stereocenters. The molecule has 140 valence electrons. The molecular formula is C17H24N4O4P+. The van der Waals surface area contributed by atoms with Crippen molar-refractivity contribution in [1.82, 2.24) is 20.0 Å². The van der Waals surface area contributed by atoms with Gasteiger partial charge in [-0.05, 0) is 56.3 Å². The molecule has 3 aromatic rings. The SMILES string of the molecule is CCO[P+](OCC)(OCC)C(O)c1cc2cc(C)ccc2n2nnnc12. The van der Waals surface area contributed by atoms with Gasteiger partial charge < -0.3 is 5.11 Å². The number of aliphatic hydroxyl groups excluding tert-OH is 1. The number of hydrogen-bond donors (Lipinski definition) is 1. The van der Waals surface area contributed by atoms with Crippen LogP contribution in [0.5, 0.6) is 0 Å². The molecule has 0 amide bonds. The summed E-state index contributed by atoms with van der Waals surface area (Å²) in [6.07, 6.45) is 0. The molecular weight excluding hydrogens is 355 g/mol. The van der Waals surface area contributed by atoms with Gasteiger partial charge in [-0.15, -0.1) is 5.10 Å². The number of aliphatic hydroxyl groups is 1. The minimum atomic E-state index is -3.03. The molecule has 1 unspecified atom stereocenters. The van der Waals surface area contributed by atoms with E-state index in [2.05, 4.69) is 15.5 Å². The molecule has 9 heteroatoms. The van der Waals surface area contributed by atoms with E-state index in [0.29, 0.717) is 31.0 Å². The third kappa shape index (κ3) is 3.31. The van der Waals surface area contributed by atoms with Crippen LogP contribution in [-0.4, -0.2) is 45.0 Å². The molecule has 0 aliphatic carbocycles. The van der Waals surface area contributed by atoms with Crippen molar-refractivity contribution in [2.24, 2.45) is 0 Å². The summed E-state index contributed by atoms with van der Waals surface area (Å²) in [5.74, 6) is -1.12.